The first-order chi connectivity index (χ1) is 13.1. The highest BCUT2D eigenvalue weighted by atomic mass is 32.1. The van der Waals surface area contributed by atoms with Crippen molar-refractivity contribution in [3.8, 4) is 0 Å². The number of carbonyl (C=O) groups excluding carboxylic acids is 1. The zero-order chi connectivity index (χ0) is 19.1. The molecule has 3 rings (SSSR count). The van der Waals surface area contributed by atoms with Crippen LogP contribution in [0.25, 0.3) is 0 Å². The molecule has 5 heteroatoms. The third kappa shape index (κ3) is 5.17. The number of unbranched alkanes of at least 4 members (excludes halogenated alkanes) is 1. The van der Waals surface area contributed by atoms with Gasteiger partial charge < -0.3 is 10.2 Å². The summed E-state index contributed by atoms with van der Waals surface area (Å²) in [4.78, 5) is 19.2. The average molecular weight is 380 g/mol. The summed E-state index contributed by atoms with van der Waals surface area (Å²) in [6.45, 7) is 2.69. The van der Waals surface area contributed by atoms with Crippen LogP contribution in [0.5, 0.6) is 0 Å². The molecule has 0 spiro atoms. The van der Waals surface area contributed by atoms with Crippen LogP contribution < -0.4 is 10.2 Å². The molecule has 0 aliphatic carbocycles. The van der Waals surface area contributed by atoms with Gasteiger partial charge in [-0.1, -0.05) is 30.3 Å². The lowest BCUT2D eigenvalue weighted by molar-refractivity contribution is 0.0953. The number of thiazole rings is 1. The number of rotatable bonds is 8. The number of aromatic nitrogens is 1. The molecule has 0 bridgehead atoms. The fraction of sp³-hybridized carbons (Fsp3) is 0.273. The van der Waals surface area contributed by atoms with Crippen LogP contribution in [-0.2, 0) is 6.42 Å². The monoisotopic (exact) mass is 379 g/mol. The van der Waals surface area contributed by atoms with Gasteiger partial charge in [-0.15, -0.1) is 11.3 Å². The van der Waals surface area contributed by atoms with Gasteiger partial charge in [-0.3, -0.25) is 4.79 Å². The number of amides is 1. The molecule has 0 fully saturated rings. The molecule has 1 aromatic heterocycles. The summed E-state index contributed by atoms with van der Waals surface area (Å²) in [5.74, 6) is -0.0292. The van der Waals surface area contributed by atoms with E-state index in [0.717, 1.165) is 36.3 Å². The summed E-state index contributed by atoms with van der Waals surface area (Å²) in [7, 11) is 1.98. The van der Waals surface area contributed by atoms with E-state index in [-0.39, 0.29) is 5.91 Å². The molecule has 0 saturated heterocycles. The van der Waals surface area contributed by atoms with E-state index in [4.69, 9.17) is 0 Å². The number of hydrogen-bond donors (Lipinski definition) is 1. The number of carbonyl (C=O) groups is 1. The van der Waals surface area contributed by atoms with Crippen LogP contribution in [0.15, 0.2) is 60.0 Å². The first kappa shape index (κ1) is 19.1. The normalized spacial score (nSPS) is 10.6. The molecule has 27 heavy (non-hydrogen) atoms. The first-order valence-electron chi connectivity index (χ1n) is 9.22. The zero-order valence-corrected chi connectivity index (χ0v) is 16.6. The number of benzene rings is 2. The van der Waals surface area contributed by atoms with Crippen molar-refractivity contribution in [2.75, 3.05) is 18.5 Å². The summed E-state index contributed by atoms with van der Waals surface area (Å²) in [6.07, 6.45) is 2.95. The van der Waals surface area contributed by atoms with Crippen molar-refractivity contribution >= 4 is 28.6 Å². The van der Waals surface area contributed by atoms with Crippen molar-refractivity contribution in [1.29, 1.82) is 0 Å². The van der Waals surface area contributed by atoms with Crippen molar-refractivity contribution in [2.45, 2.75) is 26.2 Å². The Hall–Kier alpha value is -2.66. The quantitative estimate of drug-likeness (QED) is 0.562. The molecule has 0 aliphatic heterocycles. The maximum absolute atomic E-state index is 12.7. The molecular formula is C22H25N3OS. The fourth-order valence-corrected chi connectivity index (χ4v) is 3.78. The largest absolute Gasteiger partial charge is 0.352 e. The van der Waals surface area contributed by atoms with E-state index >= 15 is 0 Å². The Morgan fingerprint density at radius 3 is 2.56 bits per heavy atom. The lowest BCUT2D eigenvalue weighted by atomic mass is 10.1. The van der Waals surface area contributed by atoms with Gasteiger partial charge in [0.15, 0.2) is 0 Å². The minimum Gasteiger partial charge on any atom is -0.352 e. The fourth-order valence-electron chi connectivity index (χ4n) is 2.96. The van der Waals surface area contributed by atoms with Gasteiger partial charge in [0, 0.05) is 30.4 Å². The minimum atomic E-state index is -0.0292. The van der Waals surface area contributed by atoms with Gasteiger partial charge in [0.05, 0.1) is 16.3 Å². The number of nitrogens with one attached hydrogen (secondary N) is 1. The van der Waals surface area contributed by atoms with Crippen molar-refractivity contribution < 1.29 is 4.79 Å². The highest BCUT2D eigenvalue weighted by Crippen LogP contribution is 2.26. The van der Waals surface area contributed by atoms with Gasteiger partial charge in [0.2, 0.25) is 0 Å². The molecule has 0 unspecified atom stereocenters. The van der Waals surface area contributed by atoms with Crippen molar-refractivity contribution in [3.63, 3.8) is 0 Å². The standard InChI is InChI=1S/C22H25N3OS/c1-17-16-27-21(24-17)14-8-9-15-23-22(26)19-12-6-7-13-20(19)25(2)18-10-4-3-5-11-18/h3-7,10-13,16H,8-9,14-15H2,1-2H3,(H,23,26). The minimum absolute atomic E-state index is 0.0292. The van der Waals surface area contributed by atoms with Gasteiger partial charge in [-0.2, -0.15) is 0 Å². The molecule has 0 radical (unpaired) electrons. The molecule has 1 amide bonds. The van der Waals surface area contributed by atoms with Gasteiger partial charge in [-0.05, 0) is 50.5 Å². The summed E-state index contributed by atoms with van der Waals surface area (Å²) in [6, 6.07) is 17.8. The number of para-hydroxylation sites is 2. The predicted octanol–water partition coefficient (Wildman–Crippen LogP) is 4.97. The summed E-state index contributed by atoms with van der Waals surface area (Å²) in [5, 5.41) is 6.31. The van der Waals surface area contributed by atoms with E-state index in [1.807, 2.05) is 73.5 Å². The van der Waals surface area contributed by atoms with E-state index in [1.54, 1.807) is 11.3 Å². The molecular weight excluding hydrogens is 354 g/mol. The molecule has 3 aromatic rings. The molecule has 0 saturated carbocycles. The van der Waals surface area contributed by atoms with Crippen LogP contribution in [0.1, 0.15) is 33.9 Å². The molecule has 0 aliphatic rings. The van der Waals surface area contributed by atoms with Crippen LogP contribution in [0, 0.1) is 6.92 Å². The van der Waals surface area contributed by atoms with Gasteiger partial charge >= 0.3 is 0 Å². The first-order valence-corrected chi connectivity index (χ1v) is 10.1. The number of aryl methyl sites for hydroxylation is 2. The third-order valence-corrected chi connectivity index (χ3v) is 5.45. The SMILES string of the molecule is Cc1csc(CCCCNC(=O)c2ccccc2N(C)c2ccccc2)n1. The lowest BCUT2D eigenvalue weighted by Crippen LogP contribution is -2.26. The van der Waals surface area contributed by atoms with E-state index in [1.165, 1.54) is 5.01 Å². The molecule has 140 valence electrons. The molecule has 0 atom stereocenters. The highest BCUT2D eigenvalue weighted by molar-refractivity contribution is 7.09. The van der Waals surface area contributed by atoms with Crippen LogP contribution in [0.2, 0.25) is 0 Å². The predicted molar refractivity (Wildman–Crippen MR) is 113 cm³/mol. The van der Waals surface area contributed by atoms with Crippen LogP contribution >= 0.6 is 11.3 Å². The summed E-state index contributed by atoms with van der Waals surface area (Å²) in [5.41, 5.74) is 3.73. The van der Waals surface area contributed by atoms with Gasteiger partial charge in [0.25, 0.3) is 5.91 Å². The van der Waals surface area contributed by atoms with Crippen LogP contribution in [-0.4, -0.2) is 24.5 Å². The maximum atomic E-state index is 12.7. The van der Waals surface area contributed by atoms with Crippen molar-refractivity contribution in [1.82, 2.24) is 10.3 Å². The van der Waals surface area contributed by atoms with Crippen molar-refractivity contribution in [3.05, 3.63) is 76.2 Å². The second-order valence-electron chi connectivity index (χ2n) is 6.51. The average Bonchev–Trinajstić information content (AvgIpc) is 3.12. The molecule has 4 nitrogen and oxygen atoms in total. The highest BCUT2D eigenvalue weighted by Gasteiger charge is 2.14. The van der Waals surface area contributed by atoms with Crippen LogP contribution in [0.3, 0.4) is 0 Å². The topological polar surface area (TPSA) is 45.2 Å². The third-order valence-electron chi connectivity index (χ3n) is 4.42. The number of hydrogen-bond acceptors (Lipinski definition) is 4. The van der Waals surface area contributed by atoms with E-state index in [2.05, 4.69) is 15.7 Å². The Kier molecular flexibility index (Phi) is 6.60. The molecule has 1 heterocycles. The zero-order valence-electron chi connectivity index (χ0n) is 15.8. The van der Waals surface area contributed by atoms with E-state index < -0.39 is 0 Å². The van der Waals surface area contributed by atoms with E-state index in [0.29, 0.717) is 12.1 Å². The lowest BCUT2D eigenvalue weighted by Gasteiger charge is -2.22. The summed E-state index contributed by atoms with van der Waals surface area (Å²) < 4.78 is 0. The number of nitrogens with zero attached hydrogens (tertiary/aromatic N) is 2. The van der Waals surface area contributed by atoms with Gasteiger partial charge in [-0.25, -0.2) is 4.98 Å². The van der Waals surface area contributed by atoms with Crippen molar-refractivity contribution in [2.24, 2.45) is 0 Å². The van der Waals surface area contributed by atoms with E-state index in [9.17, 15) is 4.79 Å². The Morgan fingerprint density at radius 1 is 1.07 bits per heavy atom. The Labute approximate surface area is 164 Å². The Bertz CT molecular complexity index is 876. The Balaban J connectivity index is 1.55. The Morgan fingerprint density at radius 2 is 1.81 bits per heavy atom. The molecule has 2 aromatic carbocycles. The summed E-state index contributed by atoms with van der Waals surface area (Å²) >= 11 is 1.71. The second kappa shape index (κ2) is 9.33. The number of anilines is 2. The smallest absolute Gasteiger partial charge is 0.253 e. The van der Waals surface area contributed by atoms with Crippen LogP contribution in [0.4, 0.5) is 11.4 Å². The maximum Gasteiger partial charge on any atom is 0.253 e. The second-order valence-corrected chi connectivity index (χ2v) is 7.45. The van der Waals surface area contributed by atoms with Gasteiger partial charge in [0.1, 0.15) is 0 Å². The molecule has 1 N–H and O–H groups in total.